The van der Waals surface area contributed by atoms with Crippen LogP contribution in [0.25, 0.3) is 0 Å². The number of methoxy groups -OCH3 is 1. The molecule has 1 amide bonds. The lowest BCUT2D eigenvalue weighted by Gasteiger charge is -2.37. The molecule has 172 valence electrons. The maximum Gasteiger partial charge on any atom is 0.224 e. The van der Waals surface area contributed by atoms with E-state index in [-0.39, 0.29) is 18.1 Å². The molecule has 1 saturated heterocycles. The Kier molecular flexibility index (Phi) is 8.71. The van der Waals surface area contributed by atoms with Gasteiger partial charge in [0.15, 0.2) is 5.96 Å². The monoisotopic (exact) mass is 441 g/mol. The number of carbonyl (C=O) groups excluding carboxylic acids is 1. The first kappa shape index (κ1) is 23.4. The van der Waals surface area contributed by atoms with E-state index in [1.54, 1.807) is 19.2 Å². The number of hydrogen-bond acceptors (Lipinski definition) is 4. The van der Waals surface area contributed by atoms with Gasteiger partial charge in [0.25, 0.3) is 0 Å². The van der Waals surface area contributed by atoms with E-state index in [9.17, 15) is 9.18 Å². The molecule has 1 aliphatic heterocycles. The van der Waals surface area contributed by atoms with Gasteiger partial charge in [-0.05, 0) is 36.8 Å². The van der Waals surface area contributed by atoms with Gasteiger partial charge in [-0.2, -0.15) is 0 Å². The minimum Gasteiger partial charge on any atom is -0.497 e. The highest BCUT2D eigenvalue weighted by Gasteiger charge is 2.20. The molecule has 0 aliphatic carbocycles. The molecule has 0 bridgehead atoms. The standard InChI is InChI=1S/C24H32FN5O2/c1-3-26-24(28-11-10-27-23(31)17-19-6-4-7-20(25)16-19)30-14-12-29(13-15-30)21-8-5-9-22(18-21)32-2/h4-9,16,18H,3,10-15,17H2,1-2H3,(H,26,28)(H,27,31). The van der Waals surface area contributed by atoms with Crippen LogP contribution >= 0.6 is 0 Å². The average molecular weight is 442 g/mol. The summed E-state index contributed by atoms with van der Waals surface area (Å²) in [4.78, 5) is 21.4. The number of benzene rings is 2. The number of ether oxygens (including phenoxy) is 1. The third-order valence-corrected chi connectivity index (χ3v) is 5.28. The summed E-state index contributed by atoms with van der Waals surface area (Å²) in [6.07, 6.45) is 0.160. The van der Waals surface area contributed by atoms with Crippen molar-refractivity contribution in [1.82, 2.24) is 15.5 Å². The van der Waals surface area contributed by atoms with Crippen LogP contribution in [0.2, 0.25) is 0 Å². The normalized spacial score (nSPS) is 14.3. The predicted molar refractivity (Wildman–Crippen MR) is 126 cm³/mol. The molecule has 1 heterocycles. The van der Waals surface area contributed by atoms with Gasteiger partial charge in [0.05, 0.1) is 20.1 Å². The third kappa shape index (κ3) is 6.87. The highest BCUT2D eigenvalue weighted by molar-refractivity contribution is 5.80. The summed E-state index contributed by atoms with van der Waals surface area (Å²) in [6.45, 7) is 7.23. The summed E-state index contributed by atoms with van der Waals surface area (Å²) >= 11 is 0. The number of rotatable bonds is 8. The van der Waals surface area contributed by atoms with E-state index in [4.69, 9.17) is 4.74 Å². The van der Waals surface area contributed by atoms with Gasteiger partial charge >= 0.3 is 0 Å². The first-order valence-corrected chi connectivity index (χ1v) is 11.0. The zero-order valence-electron chi connectivity index (χ0n) is 18.8. The van der Waals surface area contributed by atoms with Crippen LogP contribution in [0.5, 0.6) is 5.75 Å². The Morgan fingerprint density at radius 2 is 1.88 bits per heavy atom. The number of hydrogen-bond donors (Lipinski definition) is 2. The van der Waals surface area contributed by atoms with E-state index in [1.807, 2.05) is 19.1 Å². The average Bonchev–Trinajstić information content (AvgIpc) is 2.81. The Bertz CT molecular complexity index is 913. The smallest absolute Gasteiger partial charge is 0.224 e. The molecule has 0 aromatic heterocycles. The molecular weight excluding hydrogens is 409 g/mol. The van der Waals surface area contributed by atoms with Crippen LogP contribution in [-0.2, 0) is 11.2 Å². The van der Waals surface area contributed by atoms with Gasteiger partial charge in [-0.25, -0.2) is 4.39 Å². The second-order valence-electron chi connectivity index (χ2n) is 7.57. The number of piperazine rings is 1. The quantitative estimate of drug-likeness (QED) is 0.374. The highest BCUT2D eigenvalue weighted by atomic mass is 19.1. The molecule has 3 rings (SSSR count). The summed E-state index contributed by atoms with van der Waals surface area (Å²) < 4.78 is 18.6. The minimum atomic E-state index is -0.332. The summed E-state index contributed by atoms with van der Waals surface area (Å²) in [5.74, 6) is 1.25. The Hall–Kier alpha value is -3.29. The number of nitrogens with zero attached hydrogens (tertiary/aromatic N) is 3. The van der Waals surface area contributed by atoms with Gasteiger partial charge in [-0.3, -0.25) is 9.79 Å². The molecule has 8 heteroatoms. The van der Waals surface area contributed by atoms with Gasteiger partial charge in [0.1, 0.15) is 11.6 Å². The molecule has 1 fully saturated rings. The lowest BCUT2D eigenvalue weighted by Crippen LogP contribution is -2.52. The minimum absolute atomic E-state index is 0.136. The van der Waals surface area contributed by atoms with Crippen molar-refractivity contribution in [2.24, 2.45) is 4.99 Å². The second-order valence-corrected chi connectivity index (χ2v) is 7.57. The topological polar surface area (TPSA) is 69.2 Å². The molecule has 2 aromatic carbocycles. The fourth-order valence-corrected chi connectivity index (χ4v) is 3.66. The summed E-state index contributed by atoms with van der Waals surface area (Å²) in [7, 11) is 1.68. The molecule has 0 unspecified atom stereocenters. The molecule has 0 spiro atoms. The van der Waals surface area contributed by atoms with Crippen LogP contribution in [0.4, 0.5) is 10.1 Å². The molecule has 7 nitrogen and oxygen atoms in total. The Labute approximate surface area is 189 Å². The van der Waals surface area contributed by atoms with Gasteiger partial charge in [-0.1, -0.05) is 18.2 Å². The predicted octanol–water partition coefficient (Wildman–Crippen LogP) is 2.28. The number of nitrogens with one attached hydrogen (secondary N) is 2. The van der Waals surface area contributed by atoms with Crippen molar-refractivity contribution in [3.05, 3.63) is 59.9 Å². The van der Waals surface area contributed by atoms with Crippen molar-refractivity contribution in [2.75, 3.05) is 57.8 Å². The summed E-state index contributed by atoms with van der Waals surface area (Å²) in [6, 6.07) is 14.2. The maximum atomic E-state index is 13.2. The second kappa shape index (κ2) is 11.9. The molecule has 0 saturated carbocycles. The Balaban J connectivity index is 1.46. The van der Waals surface area contributed by atoms with E-state index in [1.165, 1.54) is 12.1 Å². The van der Waals surface area contributed by atoms with E-state index in [2.05, 4.69) is 37.6 Å². The fourth-order valence-electron chi connectivity index (χ4n) is 3.66. The fraction of sp³-hybridized carbons (Fsp3) is 0.417. The SMILES string of the molecule is CCNC(=NCCNC(=O)Cc1cccc(F)c1)N1CCN(c2cccc(OC)c2)CC1. The number of aliphatic imine (C=N–C) groups is 1. The van der Waals surface area contributed by atoms with Crippen LogP contribution in [0.15, 0.2) is 53.5 Å². The van der Waals surface area contributed by atoms with Crippen LogP contribution in [0.1, 0.15) is 12.5 Å². The Morgan fingerprint density at radius 1 is 1.09 bits per heavy atom. The van der Waals surface area contributed by atoms with E-state index in [0.29, 0.717) is 18.7 Å². The molecule has 0 radical (unpaired) electrons. The lowest BCUT2D eigenvalue weighted by atomic mass is 10.1. The number of halogens is 1. The summed E-state index contributed by atoms with van der Waals surface area (Å²) in [5.41, 5.74) is 1.82. The van der Waals surface area contributed by atoms with Crippen molar-refractivity contribution < 1.29 is 13.9 Å². The van der Waals surface area contributed by atoms with E-state index < -0.39 is 0 Å². The first-order chi connectivity index (χ1) is 15.6. The highest BCUT2D eigenvalue weighted by Crippen LogP contribution is 2.22. The number of guanidine groups is 1. The zero-order valence-corrected chi connectivity index (χ0v) is 18.8. The lowest BCUT2D eigenvalue weighted by molar-refractivity contribution is -0.120. The van der Waals surface area contributed by atoms with Gasteiger partial charge in [0, 0.05) is 51.0 Å². The third-order valence-electron chi connectivity index (χ3n) is 5.28. The molecule has 1 aliphatic rings. The van der Waals surface area contributed by atoms with E-state index in [0.717, 1.165) is 50.1 Å². The first-order valence-electron chi connectivity index (χ1n) is 11.0. The van der Waals surface area contributed by atoms with E-state index >= 15 is 0 Å². The molecule has 2 aromatic rings. The van der Waals surface area contributed by atoms with Crippen molar-refractivity contribution in [3.8, 4) is 5.75 Å². The van der Waals surface area contributed by atoms with Crippen molar-refractivity contribution in [1.29, 1.82) is 0 Å². The maximum absolute atomic E-state index is 13.2. The Morgan fingerprint density at radius 3 is 2.59 bits per heavy atom. The van der Waals surface area contributed by atoms with Gasteiger partial charge < -0.3 is 25.2 Å². The van der Waals surface area contributed by atoms with Crippen LogP contribution in [0.3, 0.4) is 0 Å². The molecule has 2 N–H and O–H groups in total. The van der Waals surface area contributed by atoms with Crippen molar-refractivity contribution in [2.45, 2.75) is 13.3 Å². The van der Waals surface area contributed by atoms with Crippen molar-refractivity contribution in [3.63, 3.8) is 0 Å². The summed E-state index contributed by atoms with van der Waals surface area (Å²) in [5, 5.41) is 6.20. The largest absolute Gasteiger partial charge is 0.497 e. The zero-order chi connectivity index (χ0) is 22.8. The van der Waals surface area contributed by atoms with Crippen LogP contribution in [0, 0.1) is 5.82 Å². The van der Waals surface area contributed by atoms with Gasteiger partial charge in [-0.15, -0.1) is 0 Å². The van der Waals surface area contributed by atoms with Gasteiger partial charge in [0.2, 0.25) is 5.91 Å². The number of amides is 1. The molecular formula is C24H32FN5O2. The van der Waals surface area contributed by atoms with Crippen molar-refractivity contribution >= 4 is 17.6 Å². The van der Waals surface area contributed by atoms with Crippen LogP contribution < -0.4 is 20.3 Å². The number of anilines is 1. The molecule has 32 heavy (non-hydrogen) atoms. The molecule has 0 atom stereocenters. The van der Waals surface area contributed by atoms with Crippen LogP contribution in [-0.4, -0.2) is 69.7 Å². The number of carbonyl (C=O) groups is 1.